The van der Waals surface area contributed by atoms with Gasteiger partial charge in [-0.1, -0.05) is 12.1 Å². The number of aliphatic hydroxyl groups is 1. The SMILES string of the molecule is O[C@@H](C[NH+]1CCOCC1)C[NH+]1CCC(c2nc3ccccc3o2)CC1. The number of likely N-dealkylation sites (tertiary alicyclic amines) is 1. The van der Waals surface area contributed by atoms with Crippen molar-refractivity contribution in [1.82, 2.24) is 4.98 Å². The van der Waals surface area contributed by atoms with Crippen LogP contribution in [0.1, 0.15) is 24.7 Å². The fourth-order valence-corrected chi connectivity index (χ4v) is 4.14. The lowest BCUT2D eigenvalue weighted by atomic mass is 9.96. The summed E-state index contributed by atoms with van der Waals surface area (Å²) in [5.74, 6) is 1.30. The van der Waals surface area contributed by atoms with Crippen LogP contribution in [0.2, 0.25) is 0 Å². The Hall–Kier alpha value is -1.47. The van der Waals surface area contributed by atoms with Gasteiger partial charge >= 0.3 is 0 Å². The molecular weight excluding hydrogens is 318 g/mol. The number of oxazole rings is 1. The lowest BCUT2D eigenvalue weighted by Gasteiger charge is -2.31. The molecule has 0 bridgehead atoms. The molecule has 0 saturated carbocycles. The Balaban J connectivity index is 1.26. The van der Waals surface area contributed by atoms with Crippen molar-refractivity contribution >= 4 is 11.1 Å². The summed E-state index contributed by atoms with van der Waals surface area (Å²) in [7, 11) is 0. The van der Waals surface area contributed by atoms with Crippen LogP contribution in [0, 0.1) is 0 Å². The summed E-state index contributed by atoms with van der Waals surface area (Å²) in [4.78, 5) is 7.64. The number of ether oxygens (including phenoxy) is 1. The number of benzene rings is 1. The zero-order valence-corrected chi connectivity index (χ0v) is 14.7. The van der Waals surface area contributed by atoms with Crippen molar-refractivity contribution in [2.24, 2.45) is 0 Å². The number of para-hydroxylation sites is 2. The van der Waals surface area contributed by atoms with Gasteiger partial charge in [-0.3, -0.25) is 0 Å². The number of rotatable bonds is 5. The van der Waals surface area contributed by atoms with Crippen molar-refractivity contribution in [3.63, 3.8) is 0 Å². The van der Waals surface area contributed by atoms with Crippen LogP contribution in [0.4, 0.5) is 0 Å². The summed E-state index contributed by atoms with van der Waals surface area (Å²) in [5, 5.41) is 10.4. The molecule has 0 unspecified atom stereocenters. The summed E-state index contributed by atoms with van der Waals surface area (Å²) in [5.41, 5.74) is 1.84. The van der Waals surface area contributed by atoms with E-state index in [1.165, 1.54) is 9.80 Å². The number of aromatic nitrogens is 1. The fourth-order valence-electron chi connectivity index (χ4n) is 4.14. The highest BCUT2D eigenvalue weighted by atomic mass is 16.5. The van der Waals surface area contributed by atoms with Crippen molar-refractivity contribution in [1.29, 1.82) is 0 Å². The molecule has 2 aromatic rings. The predicted molar refractivity (Wildman–Crippen MR) is 93.9 cm³/mol. The molecule has 1 aromatic heterocycles. The maximum Gasteiger partial charge on any atom is 0.199 e. The summed E-state index contributed by atoms with van der Waals surface area (Å²) >= 11 is 0. The molecule has 2 saturated heterocycles. The number of nitrogens with zero attached hydrogens (tertiary/aromatic N) is 1. The highest BCUT2D eigenvalue weighted by molar-refractivity contribution is 5.72. The fraction of sp³-hybridized carbons (Fsp3) is 0.632. The predicted octanol–water partition coefficient (Wildman–Crippen LogP) is -1.13. The van der Waals surface area contributed by atoms with Crippen molar-refractivity contribution in [3.8, 4) is 0 Å². The maximum atomic E-state index is 10.4. The van der Waals surface area contributed by atoms with E-state index >= 15 is 0 Å². The lowest BCUT2D eigenvalue weighted by Crippen LogP contribution is -3.18. The Labute approximate surface area is 148 Å². The smallest absolute Gasteiger partial charge is 0.199 e. The van der Waals surface area contributed by atoms with Gasteiger partial charge in [-0.05, 0) is 12.1 Å². The molecule has 6 nitrogen and oxygen atoms in total. The minimum atomic E-state index is -0.219. The minimum Gasteiger partial charge on any atom is -0.440 e. The highest BCUT2D eigenvalue weighted by Crippen LogP contribution is 2.26. The van der Waals surface area contributed by atoms with Crippen molar-refractivity contribution in [3.05, 3.63) is 30.2 Å². The first-order chi connectivity index (χ1) is 12.3. The molecule has 0 spiro atoms. The molecule has 6 heteroatoms. The van der Waals surface area contributed by atoms with Crippen LogP contribution in [0.25, 0.3) is 11.1 Å². The van der Waals surface area contributed by atoms with Gasteiger partial charge in [-0.25, -0.2) is 4.98 Å². The standard InChI is InChI=1S/C19H27N3O3/c23-16(14-22-9-11-24-12-10-22)13-21-7-5-15(6-8-21)19-20-17-3-1-2-4-18(17)25-19/h1-4,15-16,23H,5-14H2/p+2/t16-/m1/s1. The third-order valence-electron chi connectivity index (χ3n) is 5.60. The summed E-state index contributed by atoms with van der Waals surface area (Å²) in [6.45, 7) is 7.55. The molecule has 2 aliphatic rings. The first kappa shape index (κ1) is 17.0. The van der Waals surface area contributed by atoms with Gasteiger partial charge in [-0.15, -0.1) is 0 Å². The van der Waals surface area contributed by atoms with Gasteiger partial charge in [0.05, 0.1) is 26.3 Å². The zero-order valence-electron chi connectivity index (χ0n) is 14.7. The number of nitrogens with one attached hydrogen (secondary N) is 2. The number of quaternary nitrogens is 2. The normalized spacial score (nSPS) is 26.8. The third-order valence-corrected chi connectivity index (χ3v) is 5.60. The van der Waals surface area contributed by atoms with Crippen LogP contribution in [0.15, 0.2) is 28.7 Å². The number of hydrogen-bond acceptors (Lipinski definition) is 4. The first-order valence-corrected chi connectivity index (χ1v) is 9.56. The molecule has 0 amide bonds. The molecule has 1 aromatic carbocycles. The van der Waals surface area contributed by atoms with Crippen molar-refractivity contribution < 1.29 is 24.1 Å². The molecule has 4 rings (SSSR count). The van der Waals surface area contributed by atoms with Crippen LogP contribution in [0.5, 0.6) is 0 Å². The molecule has 2 fully saturated rings. The van der Waals surface area contributed by atoms with Gasteiger partial charge in [0, 0.05) is 18.8 Å². The van der Waals surface area contributed by atoms with E-state index in [1.807, 2.05) is 24.3 Å². The molecule has 0 radical (unpaired) electrons. The van der Waals surface area contributed by atoms with E-state index in [4.69, 9.17) is 9.15 Å². The average Bonchev–Trinajstić information content (AvgIpc) is 3.07. The van der Waals surface area contributed by atoms with E-state index in [2.05, 4.69) is 4.98 Å². The number of aliphatic hydroxyl groups excluding tert-OH is 1. The van der Waals surface area contributed by atoms with Crippen LogP contribution in [-0.2, 0) is 4.74 Å². The lowest BCUT2D eigenvalue weighted by molar-refractivity contribution is -0.931. The molecule has 136 valence electrons. The second-order valence-electron chi connectivity index (χ2n) is 7.47. The Kier molecular flexibility index (Phi) is 5.31. The zero-order chi connectivity index (χ0) is 17.1. The molecule has 2 aliphatic heterocycles. The van der Waals surface area contributed by atoms with E-state index in [0.717, 1.165) is 82.3 Å². The van der Waals surface area contributed by atoms with E-state index in [9.17, 15) is 5.11 Å². The minimum absolute atomic E-state index is 0.219. The largest absolute Gasteiger partial charge is 0.440 e. The highest BCUT2D eigenvalue weighted by Gasteiger charge is 2.29. The quantitative estimate of drug-likeness (QED) is 0.640. The third kappa shape index (κ3) is 4.20. The molecule has 3 heterocycles. The molecule has 25 heavy (non-hydrogen) atoms. The second kappa shape index (κ2) is 7.83. The molecule has 3 N–H and O–H groups in total. The second-order valence-corrected chi connectivity index (χ2v) is 7.47. The van der Waals surface area contributed by atoms with E-state index in [1.54, 1.807) is 0 Å². The number of hydrogen-bond donors (Lipinski definition) is 3. The monoisotopic (exact) mass is 347 g/mol. The van der Waals surface area contributed by atoms with Gasteiger partial charge in [-0.2, -0.15) is 0 Å². The maximum absolute atomic E-state index is 10.4. The Morgan fingerprint density at radius 1 is 1.04 bits per heavy atom. The van der Waals surface area contributed by atoms with Gasteiger partial charge in [0.25, 0.3) is 0 Å². The Morgan fingerprint density at radius 3 is 2.44 bits per heavy atom. The van der Waals surface area contributed by atoms with Crippen LogP contribution in [-0.4, -0.2) is 68.7 Å². The number of fused-ring (bicyclic) bond motifs is 1. The molecule has 1 atom stereocenters. The van der Waals surface area contributed by atoms with E-state index in [-0.39, 0.29) is 6.10 Å². The topological polar surface area (TPSA) is 64.4 Å². The van der Waals surface area contributed by atoms with Crippen molar-refractivity contribution in [2.75, 3.05) is 52.5 Å². The molecular formula is C19H29N3O3+2. The van der Waals surface area contributed by atoms with Crippen LogP contribution >= 0.6 is 0 Å². The average molecular weight is 347 g/mol. The van der Waals surface area contributed by atoms with Gasteiger partial charge in [0.15, 0.2) is 17.6 Å². The van der Waals surface area contributed by atoms with Crippen LogP contribution < -0.4 is 9.80 Å². The summed E-state index contributed by atoms with van der Waals surface area (Å²) in [6, 6.07) is 7.98. The van der Waals surface area contributed by atoms with E-state index in [0.29, 0.717) is 5.92 Å². The summed E-state index contributed by atoms with van der Waals surface area (Å²) < 4.78 is 11.3. The Bertz CT molecular complexity index is 642. The van der Waals surface area contributed by atoms with Gasteiger partial charge in [0.1, 0.15) is 31.7 Å². The van der Waals surface area contributed by atoms with Crippen LogP contribution in [0.3, 0.4) is 0 Å². The van der Waals surface area contributed by atoms with Gasteiger partial charge < -0.3 is 24.1 Å². The van der Waals surface area contributed by atoms with Crippen molar-refractivity contribution in [2.45, 2.75) is 24.9 Å². The number of piperidine rings is 1. The number of morpholine rings is 1. The molecule has 0 aliphatic carbocycles. The van der Waals surface area contributed by atoms with E-state index < -0.39 is 0 Å². The summed E-state index contributed by atoms with van der Waals surface area (Å²) in [6.07, 6.45) is 1.95. The van der Waals surface area contributed by atoms with Gasteiger partial charge in [0.2, 0.25) is 0 Å². The first-order valence-electron chi connectivity index (χ1n) is 9.56. The Morgan fingerprint density at radius 2 is 1.72 bits per heavy atom.